The second-order valence-electron chi connectivity index (χ2n) is 7.67. The Morgan fingerprint density at radius 2 is 1.50 bits per heavy atom. The van der Waals surface area contributed by atoms with Crippen LogP contribution in [0.15, 0.2) is 76.6 Å². The first kappa shape index (κ1) is 22.0. The molecule has 0 radical (unpaired) electrons. The number of hydrogen-bond acceptors (Lipinski definition) is 5. The highest BCUT2D eigenvalue weighted by atomic mass is 32.2. The Bertz CT molecular complexity index is 1270. The number of ketones is 1. The van der Waals surface area contributed by atoms with Gasteiger partial charge in [0.1, 0.15) is 5.75 Å². The number of ether oxygens (including phenoxy) is 1. The summed E-state index contributed by atoms with van der Waals surface area (Å²) in [5.74, 6) is 0.490. The first-order valence-corrected chi connectivity index (χ1v) is 11.8. The number of nitrogens with zero attached hydrogens (tertiary/aromatic N) is 2. The van der Waals surface area contributed by atoms with Crippen molar-refractivity contribution in [2.24, 2.45) is 0 Å². The van der Waals surface area contributed by atoms with E-state index < -0.39 is 15.6 Å². The van der Waals surface area contributed by atoms with Gasteiger partial charge in [0.25, 0.3) is 5.56 Å². The van der Waals surface area contributed by atoms with Gasteiger partial charge in [-0.15, -0.1) is 0 Å². The third-order valence-electron chi connectivity index (χ3n) is 5.60. The molecule has 0 aliphatic carbocycles. The molecule has 1 fully saturated rings. The van der Waals surface area contributed by atoms with E-state index in [-0.39, 0.29) is 17.2 Å². The number of carbonyl (C=O) groups is 1. The largest absolute Gasteiger partial charge is 0.497 e. The van der Waals surface area contributed by atoms with Crippen LogP contribution in [0.25, 0.3) is 11.1 Å². The van der Waals surface area contributed by atoms with Crippen molar-refractivity contribution in [3.63, 3.8) is 0 Å². The van der Waals surface area contributed by atoms with Crippen molar-refractivity contribution in [1.29, 1.82) is 0 Å². The van der Waals surface area contributed by atoms with Gasteiger partial charge in [-0.25, -0.2) is 8.42 Å². The number of Topliss-reactive ketones (excluding diaryl/α,β-unsaturated/α-hetero) is 1. The molecule has 0 N–H and O–H groups in total. The van der Waals surface area contributed by atoms with Crippen LogP contribution in [0.4, 0.5) is 0 Å². The van der Waals surface area contributed by atoms with Gasteiger partial charge in [-0.1, -0.05) is 36.4 Å². The monoisotopic (exact) mass is 452 g/mol. The standard InChI is InChI=1S/C24H24N2O5S/c1-31-21-10-8-19(9-11-21)18-4-6-20(7-5-18)23(27)17-25-16-22(12-13-24(25)28)32(29,30)26-14-2-3-15-26/h4-13,16H,2-3,14-15,17H2,1H3. The summed E-state index contributed by atoms with van der Waals surface area (Å²) in [7, 11) is -2.06. The van der Waals surface area contributed by atoms with Gasteiger partial charge in [0, 0.05) is 30.9 Å². The Labute approximate surface area is 186 Å². The molecule has 1 saturated heterocycles. The molecular weight excluding hydrogens is 428 g/mol. The predicted octanol–water partition coefficient (Wildman–Crippen LogP) is 3.19. The van der Waals surface area contributed by atoms with Crippen LogP contribution in [0.2, 0.25) is 0 Å². The molecule has 0 unspecified atom stereocenters. The fourth-order valence-electron chi connectivity index (χ4n) is 3.74. The van der Waals surface area contributed by atoms with E-state index in [1.54, 1.807) is 19.2 Å². The molecule has 1 aliphatic heterocycles. The summed E-state index contributed by atoms with van der Waals surface area (Å²) in [5.41, 5.74) is 1.96. The lowest BCUT2D eigenvalue weighted by atomic mass is 10.0. The van der Waals surface area contributed by atoms with Crippen LogP contribution in [-0.2, 0) is 16.6 Å². The average Bonchev–Trinajstić information content (AvgIpc) is 3.36. The van der Waals surface area contributed by atoms with E-state index in [1.165, 1.54) is 22.6 Å². The Balaban J connectivity index is 1.53. The van der Waals surface area contributed by atoms with E-state index >= 15 is 0 Å². The summed E-state index contributed by atoms with van der Waals surface area (Å²) >= 11 is 0. The van der Waals surface area contributed by atoms with Crippen LogP contribution in [-0.4, -0.2) is 43.3 Å². The van der Waals surface area contributed by atoms with Crippen molar-refractivity contribution in [3.8, 4) is 16.9 Å². The topological polar surface area (TPSA) is 85.7 Å². The van der Waals surface area contributed by atoms with Gasteiger partial charge in [0.15, 0.2) is 5.78 Å². The molecular formula is C24H24N2O5S. The molecule has 0 spiro atoms. The molecule has 3 aromatic rings. The quantitative estimate of drug-likeness (QED) is 0.514. The number of sulfonamides is 1. The normalized spacial score (nSPS) is 14.4. The zero-order valence-corrected chi connectivity index (χ0v) is 18.5. The highest BCUT2D eigenvalue weighted by molar-refractivity contribution is 7.89. The highest BCUT2D eigenvalue weighted by Gasteiger charge is 2.27. The summed E-state index contributed by atoms with van der Waals surface area (Å²) in [4.78, 5) is 25.1. The summed E-state index contributed by atoms with van der Waals surface area (Å²) in [6.07, 6.45) is 2.91. The highest BCUT2D eigenvalue weighted by Crippen LogP contribution is 2.23. The summed E-state index contributed by atoms with van der Waals surface area (Å²) < 4.78 is 33.3. The molecule has 7 nitrogen and oxygen atoms in total. The molecule has 0 amide bonds. The van der Waals surface area contributed by atoms with E-state index in [0.717, 1.165) is 34.3 Å². The molecule has 2 heterocycles. The van der Waals surface area contributed by atoms with E-state index in [0.29, 0.717) is 18.7 Å². The Kier molecular flexibility index (Phi) is 6.25. The second-order valence-corrected chi connectivity index (χ2v) is 9.61. The van der Waals surface area contributed by atoms with Gasteiger partial charge in [0.05, 0.1) is 18.6 Å². The van der Waals surface area contributed by atoms with Crippen molar-refractivity contribution in [2.75, 3.05) is 20.2 Å². The zero-order valence-electron chi connectivity index (χ0n) is 17.7. The molecule has 0 saturated carbocycles. The number of carbonyl (C=O) groups excluding carboxylic acids is 1. The molecule has 0 atom stereocenters. The third-order valence-corrected chi connectivity index (χ3v) is 7.49. The van der Waals surface area contributed by atoms with Crippen molar-refractivity contribution >= 4 is 15.8 Å². The van der Waals surface area contributed by atoms with Gasteiger partial charge < -0.3 is 9.30 Å². The fraction of sp³-hybridized carbons (Fsp3) is 0.250. The Morgan fingerprint density at radius 1 is 0.906 bits per heavy atom. The van der Waals surface area contributed by atoms with Crippen LogP contribution in [0.5, 0.6) is 5.75 Å². The van der Waals surface area contributed by atoms with Gasteiger partial charge in [-0.05, 0) is 42.2 Å². The summed E-state index contributed by atoms with van der Waals surface area (Å²) in [6, 6.07) is 17.2. The molecule has 2 aromatic carbocycles. The molecule has 0 bridgehead atoms. The SMILES string of the molecule is COc1ccc(-c2ccc(C(=O)Cn3cc(S(=O)(=O)N4CCCC4)ccc3=O)cc2)cc1. The Hall–Kier alpha value is -3.23. The summed E-state index contributed by atoms with van der Waals surface area (Å²) in [6.45, 7) is 0.714. The maximum atomic E-state index is 12.8. The minimum atomic E-state index is -3.67. The van der Waals surface area contributed by atoms with E-state index in [4.69, 9.17) is 4.74 Å². The van der Waals surface area contributed by atoms with Gasteiger partial charge in [-0.3, -0.25) is 9.59 Å². The number of pyridine rings is 1. The van der Waals surface area contributed by atoms with Crippen LogP contribution in [0, 0.1) is 0 Å². The zero-order chi connectivity index (χ0) is 22.7. The minimum Gasteiger partial charge on any atom is -0.497 e. The van der Waals surface area contributed by atoms with E-state index in [9.17, 15) is 18.0 Å². The number of rotatable bonds is 7. The molecule has 1 aromatic heterocycles. The third kappa shape index (κ3) is 4.51. The average molecular weight is 453 g/mol. The van der Waals surface area contributed by atoms with Gasteiger partial charge in [0.2, 0.25) is 10.0 Å². The van der Waals surface area contributed by atoms with Crippen molar-refractivity contribution in [1.82, 2.24) is 8.87 Å². The van der Waals surface area contributed by atoms with Gasteiger partial charge >= 0.3 is 0 Å². The van der Waals surface area contributed by atoms with Gasteiger partial charge in [-0.2, -0.15) is 4.31 Å². The molecule has 166 valence electrons. The second kappa shape index (κ2) is 9.10. The van der Waals surface area contributed by atoms with Crippen LogP contribution in [0.1, 0.15) is 23.2 Å². The molecule has 4 rings (SSSR count). The maximum Gasteiger partial charge on any atom is 0.251 e. The maximum absolute atomic E-state index is 12.8. The fourth-order valence-corrected chi connectivity index (χ4v) is 5.28. The lowest BCUT2D eigenvalue weighted by Gasteiger charge is -2.16. The Morgan fingerprint density at radius 3 is 2.09 bits per heavy atom. The molecule has 1 aliphatic rings. The number of benzene rings is 2. The number of hydrogen-bond donors (Lipinski definition) is 0. The predicted molar refractivity (Wildman–Crippen MR) is 121 cm³/mol. The smallest absolute Gasteiger partial charge is 0.251 e. The summed E-state index contributed by atoms with van der Waals surface area (Å²) in [5, 5.41) is 0. The number of aromatic nitrogens is 1. The lowest BCUT2D eigenvalue weighted by molar-refractivity contribution is 0.0970. The lowest BCUT2D eigenvalue weighted by Crippen LogP contribution is -2.30. The molecule has 32 heavy (non-hydrogen) atoms. The van der Waals surface area contributed by atoms with E-state index in [1.807, 2.05) is 36.4 Å². The molecule has 8 heteroatoms. The van der Waals surface area contributed by atoms with Crippen molar-refractivity contribution < 1.29 is 17.9 Å². The van der Waals surface area contributed by atoms with Crippen LogP contribution in [0.3, 0.4) is 0 Å². The van der Waals surface area contributed by atoms with E-state index in [2.05, 4.69) is 0 Å². The first-order valence-electron chi connectivity index (χ1n) is 10.4. The van der Waals surface area contributed by atoms with Crippen molar-refractivity contribution in [3.05, 3.63) is 82.8 Å². The van der Waals surface area contributed by atoms with Crippen molar-refractivity contribution in [2.45, 2.75) is 24.3 Å². The van der Waals surface area contributed by atoms with Crippen LogP contribution >= 0.6 is 0 Å². The van der Waals surface area contributed by atoms with Crippen LogP contribution < -0.4 is 10.3 Å². The number of methoxy groups -OCH3 is 1. The first-order chi connectivity index (χ1) is 15.4. The minimum absolute atomic E-state index is 0.0293.